The summed E-state index contributed by atoms with van der Waals surface area (Å²) in [4.78, 5) is 22.4. The fourth-order valence-corrected chi connectivity index (χ4v) is 2.07. The van der Waals surface area contributed by atoms with Gasteiger partial charge in [-0.05, 0) is 24.3 Å². The normalized spacial score (nSPS) is 10.1. The number of nitrogens with zero attached hydrogens (tertiary/aromatic N) is 1. The Bertz CT molecular complexity index is 732. The molecule has 1 amide bonds. The molecule has 0 fully saturated rings. The van der Waals surface area contributed by atoms with Gasteiger partial charge in [-0.15, -0.1) is 0 Å². The van der Waals surface area contributed by atoms with Crippen LogP contribution in [0.5, 0.6) is 5.75 Å². The number of ether oxygens (including phenoxy) is 1. The van der Waals surface area contributed by atoms with Gasteiger partial charge < -0.3 is 10.1 Å². The third-order valence-electron chi connectivity index (χ3n) is 2.82. The molecule has 0 unspecified atom stereocenters. The summed E-state index contributed by atoms with van der Waals surface area (Å²) in [7, 11) is 1.29. The molecule has 0 bridgehead atoms. The first-order valence-electron chi connectivity index (χ1n) is 6.01. The maximum absolute atomic E-state index is 12.1. The van der Waals surface area contributed by atoms with E-state index >= 15 is 0 Å². The average molecular weight is 341 g/mol. The van der Waals surface area contributed by atoms with E-state index in [0.717, 1.165) is 6.07 Å². The predicted molar refractivity (Wildman–Crippen MR) is 84.1 cm³/mol. The quantitative estimate of drug-likeness (QED) is 0.669. The van der Waals surface area contributed by atoms with Gasteiger partial charge in [0.2, 0.25) is 0 Å². The molecule has 0 spiro atoms. The van der Waals surface area contributed by atoms with Crippen molar-refractivity contribution in [3.8, 4) is 5.75 Å². The maximum atomic E-state index is 12.1. The number of amides is 1. The van der Waals surface area contributed by atoms with Gasteiger partial charge in [-0.2, -0.15) is 0 Å². The molecule has 0 atom stereocenters. The van der Waals surface area contributed by atoms with Crippen molar-refractivity contribution in [1.29, 1.82) is 0 Å². The van der Waals surface area contributed by atoms with Crippen LogP contribution >= 0.6 is 23.2 Å². The Morgan fingerprint density at radius 3 is 2.41 bits per heavy atom. The van der Waals surface area contributed by atoms with Crippen molar-refractivity contribution in [1.82, 2.24) is 0 Å². The van der Waals surface area contributed by atoms with Crippen molar-refractivity contribution in [2.45, 2.75) is 0 Å². The highest BCUT2D eigenvalue weighted by atomic mass is 35.5. The highest BCUT2D eigenvalue weighted by Gasteiger charge is 2.19. The van der Waals surface area contributed by atoms with E-state index in [0.29, 0.717) is 10.6 Å². The van der Waals surface area contributed by atoms with Crippen LogP contribution in [0.1, 0.15) is 10.4 Å². The van der Waals surface area contributed by atoms with E-state index in [1.807, 2.05) is 0 Å². The number of nitro groups is 1. The molecule has 2 aromatic rings. The number of anilines is 1. The summed E-state index contributed by atoms with van der Waals surface area (Å²) in [6, 6.07) is 8.68. The summed E-state index contributed by atoms with van der Waals surface area (Å²) in [5, 5.41) is 14.0. The number of hydrogen-bond acceptors (Lipinski definition) is 4. The van der Waals surface area contributed by atoms with Gasteiger partial charge in [0.25, 0.3) is 5.91 Å². The molecule has 114 valence electrons. The number of benzene rings is 2. The molecule has 6 nitrogen and oxygen atoms in total. The van der Waals surface area contributed by atoms with Crippen molar-refractivity contribution in [2.24, 2.45) is 0 Å². The van der Waals surface area contributed by atoms with Gasteiger partial charge in [0.05, 0.1) is 22.7 Å². The molecule has 0 saturated carbocycles. The number of rotatable bonds is 4. The summed E-state index contributed by atoms with van der Waals surface area (Å²) in [6.07, 6.45) is 0. The van der Waals surface area contributed by atoms with Gasteiger partial charge in [-0.1, -0.05) is 23.2 Å². The number of nitrogens with one attached hydrogen (secondary N) is 1. The molecule has 22 heavy (non-hydrogen) atoms. The number of carbonyl (C=O) groups excluding carboxylic acids is 1. The minimum Gasteiger partial charge on any atom is -0.490 e. The van der Waals surface area contributed by atoms with Gasteiger partial charge in [0, 0.05) is 22.7 Å². The molecule has 0 aliphatic rings. The van der Waals surface area contributed by atoms with Gasteiger partial charge in [-0.25, -0.2) is 0 Å². The van der Waals surface area contributed by atoms with E-state index in [2.05, 4.69) is 5.32 Å². The monoisotopic (exact) mass is 340 g/mol. The molecule has 0 aliphatic carbocycles. The summed E-state index contributed by atoms with van der Waals surface area (Å²) < 4.78 is 4.94. The van der Waals surface area contributed by atoms with E-state index in [-0.39, 0.29) is 22.1 Å². The van der Waals surface area contributed by atoms with Gasteiger partial charge >= 0.3 is 5.69 Å². The van der Waals surface area contributed by atoms with Crippen molar-refractivity contribution >= 4 is 40.5 Å². The fraction of sp³-hybridized carbons (Fsp3) is 0.0714. The summed E-state index contributed by atoms with van der Waals surface area (Å²) in [5.41, 5.74) is 0.304. The van der Waals surface area contributed by atoms with Crippen LogP contribution in [-0.2, 0) is 0 Å². The summed E-state index contributed by atoms with van der Waals surface area (Å²) in [6.45, 7) is 0. The zero-order valence-electron chi connectivity index (χ0n) is 11.3. The lowest BCUT2D eigenvalue weighted by Gasteiger charge is -2.10. The van der Waals surface area contributed by atoms with Crippen LogP contribution in [0, 0.1) is 10.1 Å². The molecule has 0 aliphatic heterocycles. The summed E-state index contributed by atoms with van der Waals surface area (Å²) in [5.74, 6) is -0.421. The fourth-order valence-electron chi connectivity index (χ4n) is 1.74. The molecule has 0 saturated heterocycles. The standard InChI is InChI=1S/C14H10Cl2N2O4/c1-22-13-7-11(10(16)6-12(13)18(20)21)17-14(19)8-2-4-9(15)5-3-8/h2-7H,1H3,(H,17,19). The average Bonchev–Trinajstić information content (AvgIpc) is 2.49. The van der Waals surface area contributed by atoms with Crippen LogP contribution in [0.4, 0.5) is 11.4 Å². The zero-order valence-corrected chi connectivity index (χ0v) is 12.8. The second-order valence-corrected chi connectivity index (χ2v) is 5.07. The molecular weight excluding hydrogens is 331 g/mol. The van der Waals surface area contributed by atoms with Crippen LogP contribution < -0.4 is 10.1 Å². The minimum absolute atomic E-state index is 0.000746. The molecule has 1 N–H and O–H groups in total. The Morgan fingerprint density at radius 2 is 1.86 bits per heavy atom. The molecule has 8 heteroatoms. The summed E-state index contributed by atoms with van der Waals surface area (Å²) >= 11 is 11.7. The number of hydrogen-bond donors (Lipinski definition) is 1. The molecule has 0 aromatic heterocycles. The topological polar surface area (TPSA) is 81.5 Å². The van der Waals surface area contributed by atoms with Crippen LogP contribution in [-0.4, -0.2) is 17.9 Å². The van der Waals surface area contributed by atoms with E-state index in [1.165, 1.54) is 13.2 Å². The molecule has 0 radical (unpaired) electrons. The van der Waals surface area contributed by atoms with E-state index in [9.17, 15) is 14.9 Å². The Morgan fingerprint density at radius 1 is 1.23 bits per heavy atom. The Hall–Kier alpha value is -2.31. The van der Waals surface area contributed by atoms with Gasteiger partial charge in [0.15, 0.2) is 5.75 Å². The third-order valence-corrected chi connectivity index (χ3v) is 3.38. The highest BCUT2D eigenvalue weighted by molar-refractivity contribution is 6.34. The lowest BCUT2D eigenvalue weighted by molar-refractivity contribution is -0.385. The SMILES string of the molecule is COc1cc(NC(=O)c2ccc(Cl)cc2)c(Cl)cc1[N+](=O)[O-]. The second kappa shape index (κ2) is 6.64. The number of halogens is 2. The van der Waals surface area contributed by atoms with Crippen molar-refractivity contribution in [3.63, 3.8) is 0 Å². The Kier molecular flexibility index (Phi) is 4.85. The predicted octanol–water partition coefficient (Wildman–Crippen LogP) is 4.16. The lowest BCUT2D eigenvalue weighted by Crippen LogP contribution is -2.12. The molecular formula is C14H10Cl2N2O4. The van der Waals surface area contributed by atoms with Crippen molar-refractivity contribution in [2.75, 3.05) is 12.4 Å². The highest BCUT2D eigenvalue weighted by Crippen LogP contribution is 2.36. The van der Waals surface area contributed by atoms with Crippen LogP contribution in [0.2, 0.25) is 10.0 Å². The van der Waals surface area contributed by atoms with E-state index < -0.39 is 10.8 Å². The smallest absolute Gasteiger partial charge is 0.312 e. The Labute approximate surface area is 135 Å². The van der Waals surface area contributed by atoms with Gasteiger partial charge in [-0.3, -0.25) is 14.9 Å². The first-order valence-corrected chi connectivity index (χ1v) is 6.77. The van der Waals surface area contributed by atoms with Crippen LogP contribution in [0.3, 0.4) is 0 Å². The van der Waals surface area contributed by atoms with E-state index in [4.69, 9.17) is 27.9 Å². The van der Waals surface area contributed by atoms with Crippen LogP contribution in [0.25, 0.3) is 0 Å². The number of carbonyl (C=O) groups is 1. The van der Waals surface area contributed by atoms with Crippen molar-refractivity contribution < 1.29 is 14.5 Å². The Balaban J connectivity index is 2.31. The first-order chi connectivity index (χ1) is 10.4. The lowest BCUT2D eigenvalue weighted by atomic mass is 10.2. The largest absolute Gasteiger partial charge is 0.490 e. The maximum Gasteiger partial charge on any atom is 0.312 e. The molecule has 2 rings (SSSR count). The second-order valence-electron chi connectivity index (χ2n) is 4.22. The minimum atomic E-state index is -0.616. The van der Waals surface area contributed by atoms with Crippen molar-refractivity contribution in [3.05, 3.63) is 62.1 Å². The first kappa shape index (κ1) is 16.1. The zero-order chi connectivity index (χ0) is 16.3. The molecule has 2 aromatic carbocycles. The number of methoxy groups -OCH3 is 1. The van der Waals surface area contributed by atoms with E-state index in [1.54, 1.807) is 24.3 Å². The number of nitro benzene ring substituents is 1. The molecule has 0 heterocycles. The third kappa shape index (κ3) is 3.47. The van der Waals surface area contributed by atoms with Crippen LogP contribution in [0.15, 0.2) is 36.4 Å². The van der Waals surface area contributed by atoms with Gasteiger partial charge in [0.1, 0.15) is 0 Å².